The lowest BCUT2D eigenvalue weighted by atomic mass is 10.2. The first-order valence-corrected chi connectivity index (χ1v) is 11.3. The summed E-state index contributed by atoms with van der Waals surface area (Å²) in [6.07, 6.45) is 0. The van der Waals surface area contributed by atoms with Crippen LogP contribution in [0.15, 0.2) is 18.2 Å². The minimum atomic E-state index is -0.448. The summed E-state index contributed by atoms with van der Waals surface area (Å²) in [6, 6.07) is 5.28. The summed E-state index contributed by atoms with van der Waals surface area (Å²) in [6.45, 7) is 5.11. The lowest BCUT2D eigenvalue weighted by Gasteiger charge is -2.09. The van der Waals surface area contributed by atoms with Crippen molar-refractivity contribution < 1.29 is 9.59 Å². The van der Waals surface area contributed by atoms with Crippen LogP contribution in [-0.2, 0) is 6.54 Å². The number of thiazole rings is 1. The van der Waals surface area contributed by atoms with E-state index in [1.54, 1.807) is 30.7 Å². The first kappa shape index (κ1) is 27.0. The van der Waals surface area contributed by atoms with Gasteiger partial charge in [-0.25, -0.2) is 9.67 Å². The number of amides is 2. The molecule has 0 saturated carbocycles. The summed E-state index contributed by atoms with van der Waals surface area (Å²) >= 11 is 13.1. The van der Waals surface area contributed by atoms with Crippen LogP contribution in [0.3, 0.4) is 0 Å². The summed E-state index contributed by atoms with van der Waals surface area (Å²) < 4.78 is 1.60. The number of halogens is 3. The van der Waals surface area contributed by atoms with Crippen LogP contribution in [0.5, 0.6) is 0 Å². The molecule has 0 saturated heterocycles. The number of aryl methyl sites for hydroxylation is 1. The number of hydrogen-bond donors (Lipinski definition) is 2. The van der Waals surface area contributed by atoms with Gasteiger partial charge in [-0.3, -0.25) is 14.9 Å². The van der Waals surface area contributed by atoms with Crippen molar-refractivity contribution >= 4 is 63.9 Å². The molecular formula is C20H24Cl3N7O2S. The molecule has 0 aliphatic heterocycles. The van der Waals surface area contributed by atoms with Gasteiger partial charge in [0.25, 0.3) is 11.8 Å². The maximum absolute atomic E-state index is 12.7. The van der Waals surface area contributed by atoms with Crippen molar-refractivity contribution in [3.8, 4) is 0 Å². The van der Waals surface area contributed by atoms with Crippen LogP contribution in [0.25, 0.3) is 0 Å². The molecule has 0 atom stereocenters. The fourth-order valence-electron chi connectivity index (χ4n) is 2.82. The van der Waals surface area contributed by atoms with E-state index in [9.17, 15) is 9.59 Å². The molecule has 0 bridgehead atoms. The van der Waals surface area contributed by atoms with E-state index in [2.05, 4.69) is 25.9 Å². The highest BCUT2D eigenvalue weighted by Gasteiger charge is 2.21. The molecular weight excluding hydrogens is 509 g/mol. The number of hydrogen-bond acceptors (Lipinski definition) is 7. The number of carbonyl (C=O) groups is 2. The topological polar surface area (TPSA) is 105 Å². The fourth-order valence-corrected chi connectivity index (χ4v) is 4.02. The van der Waals surface area contributed by atoms with E-state index >= 15 is 0 Å². The van der Waals surface area contributed by atoms with Crippen LogP contribution in [0.2, 0.25) is 10.0 Å². The van der Waals surface area contributed by atoms with Crippen LogP contribution in [0, 0.1) is 13.8 Å². The predicted octanol–water partition coefficient (Wildman–Crippen LogP) is 3.67. The van der Waals surface area contributed by atoms with Gasteiger partial charge in [0, 0.05) is 13.1 Å². The second-order valence-corrected chi connectivity index (χ2v) is 9.19. The minimum Gasteiger partial charge on any atom is -0.350 e. The van der Waals surface area contributed by atoms with Gasteiger partial charge in [-0.15, -0.1) is 17.5 Å². The molecule has 0 fully saturated rings. The van der Waals surface area contributed by atoms with Crippen molar-refractivity contribution in [1.82, 2.24) is 30.2 Å². The van der Waals surface area contributed by atoms with E-state index in [1.165, 1.54) is 0 Å². The molecule has 3 rings (SSSR count). The highest BCUT2D eigenvalue weighted by Crippen LogP contribution is 2.24. The molecule has 13 heteroatoms. The average molecular weight is 533 g/mol. The largest absolute Gasteiger partial charge is 0.350 e. The Morgan fingerprint density at radius 2 is 1.88 bits per heavy atom. The maximum atomic E-state index is 12.7. The van der Waals surface area contributed by atoms with Gasteiger partial charge in [0.1, 0.15) is 4.88 Å². The van der Waals surface area contributed by atoms with E-state index < -0.39 is 5.91 Å². The molecule has 0 radical (unpaired) electrons. The quantitative estimate of drug-likeness (QED) is 0.459. The van der Waals surface area contributed by atoms with E-state index in [-0.39, 0.29) is 24.0 Å². The molecule has 178 valence electrons. The standard InChI is InChI=1S/C20H23Cl2N7O2S.ClH/c1-11-17(19(31)23-7-8-28(3)4)32-20(24-11)25-18(30)16-12(2)29(27-26-16)10-13-5-6-14(21)15(22)9-13;/h5-6,9H,7-8,10H2,1-4H3,(H,23,31)(H,24,25,30);1H. The minimum absolute atomic E-state index is 0. The zero-order chi connectivity index (χ0) is 23.4. The van der Waals surface area contributed by atoms with Crippen molar-refractivity contribution in [2.24, 2.45) is 0 Å². The lowest BCUT2D eigenvalue weighted by molar-refractivity contribution is 0.0953. The second-order valence-electron chi connectivity index (χ2n) is 7.38. The van der Waals surface area contributed by atoms with Crippen LogP contribution in [0.1, 0.15) is 37.1 Å². The Bertz CT molecular complexity index is 1150. The maximum Gasteiger partial charge on any atom is 0.279 e. The molecule has 0 aliphatic carbocycles. The van der Waals surface area contributed by atoms with E-state index in [0.29, 0.717) is 44.5 Å². The zero-order valence-electron chi connectivity index (χ0n) is 18.5. The number of anilines is 1. The molecule has 2 N–H and O–H groups in total. The molecule has 2 amide bonds. The molecule has 1 aromatic carbocycles. The van der Waals surface area contributed by atoms with Gasteiger partial charge in [0.05, 0.1) is 28.0 Å². The second kappa shape index (κ2) is 11.8. The lowest BCUT2D eigenvalue weighted by Crippen LogP contribution is -2.31. The predicted molar refractivity (Wildman–Crippen MR) is 133 cm³/mol. The van der Waals surface area contributed by atoms with Gasteiger partial charge in [-0.2, -0.15) is 0 Å². The molecule has 0 spiro atoms. The van der Waals surface area contributed by atoms with Crippen molar-refractivity contribution in [2.75, 3.05) is 32.5 Å². The highest BCUT2D eigenvalue weighted by molar-refractivity contribution is 7.17. The third-order valence-electron chi connectivity index (χ3n) is 4.58. The van der Waals surface area contributed by atoms with Gasteiger partial charge in [-0.1, -0.05) is 45.8 Å². The Hall–Kier alpha value is -2.24. The van der Waals surface area contributed by atoms with Crippen molar-refractivity contribution in [2.45, 2.75) is 20.4 Å². The van der Waals surface area contributed by atoms with Crippen LogP contribution in [0.4, 0.5) is 5.13 Å². The van der Waals surface area contributed by atoms with Crippen LogP contribution in [-0.4, -0.2) is 63.9 Å². The fraction of sp³-hybridized carbons (Fsp3) is 0.350. The molecule has 2 heterocycles. The number of nitrogens with zero attached hydrogens (tertiary/aromatic N) is 5. The number of nitrogens with one attached hydrogen (secondary N) is 2. The Kier molecular flexibility index (Phi) is 9.62. The highest BCUT2D eigenvalue weighted by atomic mass is 35.5. The van der Waals surface area contributed by atoms with Gasteiger partial charge in [0.2, 0.25) is 0 Å². The summed E-state index contributed by atoms with van der Waals surface area (Å²) in [7, 11) is 3.86. The third-order valence-corrected chi connectivity index (χ3v) is 6.39. The van der Waals surface area contributed by atoms with Crippen molar-refractivity contribution in [3.05, 3.63) is 55.8 Å². The number of carbonyl (C=O) groups excluding carboxylic acids is 2. The molecule has 3 aromatic rings. The molecule has 33 heavy (non-hydrogen) atoms. The van der Waals surface area contributed by atoms with Crippen LogP contribution < -0.4 is 10.6 Å². The Morgan fingerprint density at radius 1 is 1.15 bits per heavy atom. The SMILES string of the molecule is Cc1nc(NC(=O)c2nnn(Cc3ccc(Cl)c(Cl)c3)c2C)sc1C(=O)NCCN(C)C.Cl. The summed E-state index contributed by atoms with van der Waals surface area (Å²) in [5.74, 6) is -0.665. The smallest absolute Gasteiger partial charge is 0.279 e. The van der Waals surface area contributed by atoms with Crippen molar-refractivity contribution in [3.63, 3.8) is 0 Å². The number of rotatable bonds is 8. The number of likely N-dealkylation sites (N-methyl/N-ethyl adjacent to an activating group) is 1. The van der Waals surface area contributed by atoms with Crippen LogP contribution >= 0.6 is 46.9 Å². The van der Waals surface area contributed by atoms with E-state index in [1.807, 2.05) is 25.1 Å². The van der Waals surface area contributed by atoms with Gasteiger partial charge in [0.15, 0.2) is 10.8 Å². The average Bonchev–Trinajstić information content (AvgIpc) is 3.27. The normalized spacial score (nSPS) is 10.8. The van der Waals surface area contributed by atoms with Gasteiger partial charge >= 0.3 is 0 Å². The Labute approximate surface area is 211 Å². The molecule has 9 nitrogen and oxygen atoms in total. The molecule has 2 aromatic heterocycles. The first-order valence-electron chi connectivity index (χ1n) is 9.71. The van der Waals surface area contributed by atoms with Crippen molar-refractivity contribution in [1.29, 1.82) is 0 Å². The summed E-state index contributed by atoms with van der Waals surface area (Å²) in [5, 5.41) is 14.9. The first-order chi connectivity index (χ1) is 15.2. The monoisotopic (exact) mass is 531 g/mol. The number of aromatic nitrogens is 4. The Balaban J connectivity index is 0.00000385. The Morgan fingerprint density at radius 3 is 2.55 bits per heavy atom. The van der Waals surface area contributed by atoms with E-state index in [4.69, 9.17) is 23.2 Å². The van der Waals surface area contributed by atoms with E-state index in [0.717, 1.165) is 23.4 Å². The summed E-state index contributed by atoms with van der Waals surface area (Å²) in [4.78, 5) is 31.8. The zero-order valence-corrected chi connectivity index (χ0v) is 21.6. The summed E-state index contributed by atoms with van der Waals surface area (Å²) in [5.41, 5.74) is 2.19. The number of benzene rings is 1. The van der Waals surface area contributed by atoms with Gasteiger partial charge < -0.3 is 10.2 Å². The molecule has 0 unspecified atom stereocenters. The molecule has 0 aliphatic rings. The third kappa shape index (κ3) is 6.87. The van der Waals surface area contributed by atoms with Gasteiger partial charge in [-0.05, 0) is 45.6 Å².